The van der Waals surface area contributed by atoms with Gasteiger partial charge in [-0.05, 0) is 18.1 Å². The second kappa shape index (κ2) is 7.14. The second-order valence-electron chi connectivity index (χ2n) is 6.69. The lowest BCUT2D eigenvalue weighted by molar-refractivity contribution is -0.126. The molecule has 2 aliphatic heterocycles. The van der Waals surface area contributed by atoms with E-state index in [1.165, 1.54) is 6.07 Å². The molecule has 1 aromatic heterocycles. The fourth-order valence-corrected chi connectivity index (χ4v) is 3.34. The van der Waals surface area contributed by atoms with Gasteiger partial charge in [-0.15, -0.1) is 0 Å². The number of amides is 1. The molecule has 4 rings (SSSR count). The minimum atomic E-state index is -1.69. The van der Waals surface area contributed by atoms with Gasteiger partial charge < -0.3 is 30.1 Å². The van der Waals surface area contributed by atoms with E-state index in [0.29, 0.717) is 31.0 Å². The maximum atomic E-state index is 12.5. The molecule has 0 saturated carbocycles. The zero-order chi connectivity index (χ0) is 19.0. The first kappa shape index (κ1) is 17.7. The van der Waals surface area contributed by atoms with Crippen molar-refractivity contribution < 1.29 is 24.7 Å². The largest absolute Gasteiger partial charge is 0.547 e. The summed E-state index contributed by atoms with van der Waals surface area (Å²) < 4.78 is 5.45. The van der Waals surface area contributed by atoms with Crippen molar-refractivity contribution in [2.75, 3.05) is 18.0 Å². The first-order valence-electron chi connectivity index (χ1n) is 8.68. The Morgan fingerprint density at radius 3 is 2.70 bits per heavy atom. The number of fused-ring (bicyclic) bond motifs is 1. The number of nitrogens with zero attached hydrogens (tertiary/aromatic N) is 3. The molecule has 1 unspecified atom stereocenters. The van der Waals surface area contributed by atoms with Crippen molar-refractivity contribution in [1.29, 1.82) is 0 Å². The van der Waals surface area contributed by atoms with Crippen LogP contribution in [0.2, 0.25) is 0 Å². The number of benzene rings is 1. The Morgan fingerprint density at radius 1 is 1.26 bits per heavy atom. The lowest BCUT2D eigenvalue weighted by atomic mass is 9.72. The molecule has 2 aliphatic rings. The number of anilines is 1. The van der Waals surface area contributed by atoms with Crippen molar-refractivity contribution in [3.05, 3.63) is 47.8 Å². The number of aromatic nitrogens is 2. The summed E-state index contributed by atoms with van der Waals surface area (Å²) in [6.45, 7) is 1.02. The number of carbonyl (C=O) groups is 1. The van der Waals surface area contributed by atoms with Gasteiger partial charge in [-0.25, -0.2) is 9.97 Å². The van der Waals surface area contributed by atoms with E-state index in [9.17, 15) is 20.0 Å². The number of hydrogen-bond donors (Lipinski definition) is 4. The predicted molar refractivity (Wildman–Crippen MR) is 95.6 cm³/mol. The summed E-state index contributed by atoms with van der Waals surface area (Å²) in [6, 6.07) is 6.70. The van der Waals surface area contributed by atoms with Crippen molar-refractivity contribution in [3.63, 3.8) is 0 Å². The summed E-state index contributed by atoms with van der Waals surface area (Å²) in [7, 11) is -1.27. The van der Waals surface area contributed by atoms with E-state index in [0.717, 1.165) is 0 Å². The number of para-hydroxylation sites is 1. The minimum Gasteiger partial charge on any atom is -0.534 e. The molecule has 27 heavy (non-hydrogen) atoms. The van der Waals surface area contributed by atoms with Crippen LogP contribution in [-0.2, 0) is 11.2 Å². The summed E-state index contributed by atoms with van der Waals surface area (Å²) in [5.41, 5.74) is 0.887. The summed E-state index contributed by atoms with van der Waals surface area (Å²) in [5, 5.41) is 31.9. The van der Waals surface area contributed by atoms with Crippen LogP contribution in [0.15, 0.2) is 36.7 Å². The number of rotatable bonds is 4. The zero-order valence-electron chi connectivity index (χ0n) is 14.4. The first-order chi connectivity index (χ1) is 13.0. The Balaban J connectivity index is 1.38. The summed E-state index contributed by atoms with van der Waals surface area (Å²) >= 11 is 0. The van der Waals surface area contributed by atoms with Gasteiger partial charge in [0, 0.05) is 31.0 Å². The molecule has 0 radical (unpaired) electrons. The molecular formula is C17H19BN4O5. The molecule has 1 aromatic carbocycles. The van der Waals surface area contributed by atoms with Gasteiger partial charge in [0.25, 0.3) is 0 Å². The molecule has 1 amide bonds. The van der Waals surface area contributed by atoms with Gasteiger partial charge in [0.2, 0.25) is 11.9 Å². The third-order valence-corrected chi connectivity index (χ3v) is 4.84. The van der Waals surface area contributed by atoms with Crippen LogP contribution in [0, 0.1) is 5.92 Å². The van der Waals surface area contributed by atoms with Crippen LogP contribution in [0.4, 0.5) is 5.95 Å². The van der Waals surface area contributed by atoms with Crippen LogP contribution in [0.25, 0.3) is 0 Å². The Labute approximate surface area is 155 Å². The summed E-state index contributed by atoms with van der Waals surface area (Å²) in [5.74, 6) is -0.157. The monoisotopic (exact) mass is 370 g/mol. The molecule has 4 N–H and O–H groups in total. The fraction of sp³-hybridized carbons (Fsp3) is 0.353. The van der Waals surface area contributed by atoms with E-state index < -0.39 is 19.3 Å². The smallest absolute Gasteiger partial charge is 0.534 e. The van der Waals surface area contributed by atoms with Crippen LogP contribution < -0.4 is 14.9 Å². The quantitative estimate of drug-likeness (QED) is 0.400. The highest BCUT2D eigenvalue weighted by atomic mass is 16.5. The second-order valence-corrected chi connectivity index (χ2v) is 6.69. The number of aliphatic hydroxyl groups is 2. The van der Waals surface area contributed by atoms with Crippen molar-refractivity contribution in [2.24, 2.45) is 5.92 Å². The molecule has 0 spiro atoms. The van der Waals surface area contributed by atoms with Crippen molar-refractivity contribution in [1.82, 2.24) is 15.3 Å². The average molecular weight is 370 g/mol. The fourth-order valence-electron chi connectivity index (χ4n) is 3.34. The van der Waals surface area contributed by atoms with E-state index in [1.807, 2.05) is 4.90 Å². The van der Waals surface area contributed by atoms with Crippen molar-refractivity contribution in [2.45, 2.75) is 18.7 Å². The highest BCUT2D eigenvalue weighted by molar-refractivity contribution is 6.46. The maximum absolute atomic E-state index is 12.5. The SMILES string of the molecule is O=C(NC1Cc2cccc(C(O)O)c2OB1O)C1CN(c2ncccn2)C1. The van der Waals surface area contributed by atoms with Crippen LogP contribution in [-0.4, -0.2) is 57.3 Å². The third kappa shape index (κ3) is 3.46. The van der Waals surface area contributed by atoms with Gasteiger partial charge in [0.1, 0.15) is 5.75 Å². The molecular weight excluding hydrogens is 351 g/mol. The average Bonchev–Trinajstić information content (AvgIpc) is 2.61. The van der Waals surface area contributed by atoms with Crippen molar-refractivity contribution in [3.8, 4) is 5.75 Å². The Hall–Kier alpha value is -2.69. The Morgan fingerprint density at radius 2 is 2.00 bits per heavy atom. The normalized spacial score (nSPS) is 19.3. The van der Waals surface area contributed by atoms with E-state index >= 15 is 0 Å². The highest BCUT2D eigenvalue weighted by Gasteiger charge is 2.41. The molecule has 1 saturated heterocycles. The molecule has 2 aromatic rings. The van der Waals surface area contributed by atoms with Gasteiger partial charge in [-0.3, -0.25) is 4.79 Å². The summed E-state index contributed by atoms with van der Waals surface area (Å²) in [4.78, 5) is 22.7. The van der Waals surface area contributed by atoms with Gasteiger partial charge in [-0.2, -0.15) is 0 Å². The van der Waals surface area contributed by atoms with E-state index in [-0.39, 0.29) is 23.1 Å². The van der Waals surface area contributed by atoms with E-state index in [2.05, 4.69) is 15.3 Å². The van der Waals surface area contributed by atoms with E-state index in [1.54, 1.807) is 30.6 Å². The van der Waals surface area contributed by atoms with E-state index in [4.69, 9.17) is 4.65 Å². The number of carbonyl (C=O) groups excluding carboxylic acids is 1. The summed E-state index contributed by atoms with van der Waals surface area (Å²) in [6.07, 6.45) is 1.95. The van der Waals surface area contributed by atoms with Gasteiger partial charge in [0.15, 0.2) is 6.29 Å². The van der Waals surface area contributed by atoms with Crippen LogP contribution in [0.1, 0.15) is 17.4 Å². The first-order valence-corrected chi connectivity index (χ1v) is 8.68. The van der Waals surface area contributed by atoms with Gasteiger partial charge in [0.05, 0.1) is 11.9 Å². The van der Waals surface area contributed by atoms with Crippen LogP contribution >= 0.6 is 0 Å². The topological polar surface area (TPSA) is 128 Å². The number of nitrogens with one attached hydrogen (secondary N) is 1. The lowest BCUT2D eigenvalue weighted by Gasteiger charge is -2.39. The molecule has 10 heteroatoms. The molecule has 9 nitrogen and oxygen atoms in total. The van der Waals surface area contributed by atoms with Crippen molar-refractivity contribution >= 4 is 19.0 Å². The Kier molecular flexibility index (Phi) is 4.69. The lowest BCUT2D eigenvalue weighted by Crippen LogP contribution is -2.59. The Bertz CT molecular complexity index is 831. The molecule has 3 heterocycles. The molecule has 0 bridgehead atoms. The minimum absolute atomic E-state index is 0.170. The molecule has 1 fully saturated rings. The zero-order valence-corrected chi connectivity index (χ0v) is 14.4. The molecule has 0 aliphatic carbocycles. The number of hydrogen-bond acceptors (Lipinski definition) is 8. The molecule has 140 valence electrons. The number of aliphatic hydroxyl groups excluding tert-OH is 1. The third-order valence-electron chi connectivity index (χ3n) is 4.84. The molecule has 1 atom stereocenters. The van der Waals surface area contributed by atoms with Crippen LogP contribution in [0.3, 0.4) is 0 Å². The standard InChI is InChI=1S/C17H19BN4O5/c23-15(11-8-22(9-11)17-19-5-2-6-20-17)21-13-7-10-3-1-4-12(16(24)25)14(10)27-18(13)26/h1-6,11,13,16,24-26H,7-9H2,(H,21,23). The highest BCUT2D eigenvalue weighted by Crippen LogP contribution is 2.33. The van der Waals surface area contributed by atoms with Gasteiger partial charge >= 0.3 is 7.12 Å². The predicted octanol–water partition coefficient (Wildman–Crippen LogP) is -0.964. The van der Waals surface area contributed by atoms with Crippen LogP contribution in [0.5, 0.6) is 5.75 Å². The van der Waals surface area contributed by atoms with Gasteiger partial charge in [-0.1, -0.05) is 18.2 Å². The maximum Gasteiger partial charge on any atom is 0.547 e.